The van der Waals surface area contributed by atoms with Crippen LogP contribution in [0.5, 0.6) is 0 Å². The minimum Gasteiger partial charge on any atom is -0.384 e. The van der Waals surface area contributed by atoms with Crippen molar-refractivity contribution in [1.29, 1.82) is 0 Å². The molecule has 0 amide bonds. The Hall–Kier alpha value is -1.89. The number of amidine groups is 1. The largest absolute Gasteiger partial charge is 0.384 e. The van der Waals surface area contributed by atoms with Gasteiger partial charge in [0.05, 0.1) is 0 Å². The number of nitrogens with one attached hydrogen (secondary N) is 1. The first-order valence-electron chi connectivity index (χ1n) is 3.64. The van der Waals surface area contributed by atoms with Crippen molar-refractivity contribution in [2.45, 2.75) is 5.91 Å². The Morgan fingerprint density at radius 2 is 2.08 bits per heavy atom. The molecule has 1 aromatic heterocycles. The summed E-state index contributed by atoms with van der Waals surface area (Å²) in [5, 5.41) is 10.1. The molecule has 0 bridgehead atoms. The zero-order chi connectivity index (χ0) is 9.31. The standard InChI is InChI=1S/C6H9N7/c7-5-1-2-9-6(8,12-5)13-3-10-11-4-13/h1-4,9H,8H2,(H2,7,12). The Morgan fingerprint density at radius 3 is 2.69 bits per heavy atom. The van der Waals surface area contributed by atoms with E-state index in [4.69, 9.17) is 11.5 Å². The molecule has 2 rings (SSSR count). The predicted molar refractivity (Wildman–Crippen MR) is 46.1 cm³/mol. The topological polar surface area (TPSA) is 107 Å². The number of nitrogens with two attached hydrogens (primary N) is 2. The van der Waals surface area contributed by atoms with Gasteiger partial charge in [-0.2, -0.15) is 0 Å². The second kappa shape index (κ2) is 2.56. The summed E-state index contributed by atoms with van der Waals surface area (Å²) in [4.78, 5) is 4.01. The third-order valence-corrected chi connectivity index (χ3v) is 1.66. The van der Waals surface area contributed by atoms with E-state index in [0.717, 1.165) is 0 Å². The van der Waals surface area contributed by atoms with Crippen molar-refractivity contribution in [3.63, 3.8) is 0 Å². The van der Waals surface area contributed by atoms with Crippen molar-refractivity contribution in [2.24, 2.45) is 16.5 Å². The van der Waals surface area contributed by atoms with Crippen LogP contribution in [0.4, 0.5) is 0 Å². The Labute approximate surface area is 74.1 Å². The van der Waals surface area contributed by atoms with Crippen molar-refractivity contribution in [3.05, 3.63) is 24.9 Å². The van der Waals surface area contributed by atoms with Gasteiger partial charge in [0.1, 0.15) is 18.5 Å². The molecule has 5 N–H and O–H groups in total. The van der Waals surface area contributed by atoms with Gasteiger partial charge < -0.3 is 11.1 Å². The molecule has 0 saturated heterocycles. The van der Waals surface area contributed by atoms with Crippen LogP contribution in [-0.2, 0) is 5.91 Å². The first-order valence-corrected chi connectivity index (χ1v) is 3.64. The van der Waals surface area contributed by atoms with Crippen LogP contribution in [0, 0.1) is 0 Å². The maximum atomic E-state index is 5.87. The van der Waals surface area contributed by atoms with Crippen molar-refractivity contribution < 1.29 is 0 Å². The van der Waals surface area contributed by atoms with Gasteiger partial charge >= 0.3 is 0 Å². The lowest BCUT2D eigenvalue weighted by Gasteiger charge is -2.28. The van der Waals surface area contributed by atoms with Crippen molar-refractivity contribution >= 4 is 5.84 Å². The fourth-order valence-electron chi connectivity index (χ4n) is 1.03. The lowest BCUT2D eigenvalue weighted by atomic mass is 10.4. The van der Waals surface area contributed by atoms with E-state index in [1.165, 1.54) is 17.2 Å². The van der Waals surface area contributed by atoms with Crippen LogP contribution in [0.25, 0.3) is 0 Å². The molecule has 0 saturated carbocycles. The molecule has 7 nitrogen and oxygen atoms in total. The molecule has 0 aromatic carbocycles. The zero-order valence-corrected chi connectivity index (χ0v) is 6.75. The number of hydrogen-bond acceptors (Lipinski definition) is 6. The maximum Gasteiger partial charge on any atom is 0.273 e. The quantitative estimate of drug-likeness (QED) is 0.475. The van der Waals surface area contributed by atoms with Gasteiger partial charge in [0, 0.05) is 6.20 Å². The normalized spacial score (nSPS) is 26.7. The summed E-state index contributed by atoms with van der Waals surface area (Å²) in [6.45, 7) is 0. The SMILES string of the molecule is NC1=NC(N)(n2cnnc2)NC=C1. The average Bonchev–Trinajstić information content (AvgIpc) is 2.55. The lowest BCUT2D eigenvalue weighted by molar-refractivity contribution is 0.266. The summed E-state index contributed by atoms with van der Waals surface area (Å²) < 4.78 is 1.52. The summed E-state index contributed by atoms with van der Waals surface area (Å²) in [5.41, 5.74) is 11.4. The van der Waals surface area contributed by atoms with E-state index in [-0.39, 0.29) is 0 Å². The molecule has 1 unspecified atom stereocenters. The molecule has 0 aliphatic carbocycles. The van der Waals surface area contributed by atoms with Gasteiger partial charge in [-0.3, -0.25) is 10.3 Å². The van der Waals surface area contributed by atoms with E-state index in [9.17, 15) is 0 Å². The first-order chi connectivity index (χ1) is 6.21. The summed E-state index contributed by atoms with van der Waals surface area (Å²) in [5.74, 6) is -0.752. The minimum atomic E-state index is -1.11. The zero-order valence-electron chi connectivity index (χ0n) is 6.75. The van der Waals surface area contributed by atoms with E-state index < -0.39 is 5.91 Å². The van der Waals surface area contributed by atoms with Gasteiger partial charge in [0.15, 0.2) is 0 Å². The lowest BCUT2D eigenvalue weighted by Crippen LogP contribution is -2.53. The average molecular weight is 179 g/mol. The van der Waals surface area contributed by atoms with Gasteiger partial charge in [-0.1, -0.05) is 0 Å². The van der Waals surface area contributed by atoms with Crippen LogP contribution in [0.3, 0.4) is 0 Å². The molecular weight excluding hydrogens is 170 g/mol. The molecule has 1 aromatic rings. The molecular formula is C6H9N7. The number of rotatable bonds is 1. The Kier molecular flexibility index (Phi) is 1.52. The van der Waals surface area contributed by atoms with Crippen LogP contribution >= 0.6 is 0 Å². The Bertz CT molecular complexity index is 351. The Balaban J connectivity index is 2.38. The fourth-order valence-corrected chi connectivity index (χ4v) is 1.03. The summed E-state index contributed by atoms with van der Waals surface area (Å²) >= 11 is 0. The van der Waals surface area contributed by atoms with Gasteiger partial charge in [0.25, 0.3) is 5.91 Å². The van der Waals surface area contributed by atoms with E-state index in [0.29, 0.717) is 5.84 Å². The molecule has 2 heterocycles. The second-order valence-electron chi connectivity index (χ2n) is 2.61. The number of aliphatic imine (C=N–C) groups is 1. The minimum absolute atomic E-state index is 0.356. The predicted octanol–water partition coefficient (Wildman–Crippen LogP) is -1.72. The van der Waals surface area contributed by atoms with Crippen LogP contribution in [0.1, 0.15) is 0 Å². The van der Waals surface area contributed by atoms with E-state index in [1.807, 2.05) is 0 Å². The number of hydrogen-bond donors (Lipinski definition) is 3. The summed E-state index contributed by atoms with van der Waals surface area (Å²) in [6, 6.07) is 0. The molecule has 1 aliphatic rings. The third kappa shape index (κ3) is 1.25. The fraction of sp³-hybridized carbons (Fsp3) is 0.167. The molecule has 7 heteroatoms. The van der Waals surface area contributed by atoms with Gasteiger partial charge in [-0.25, -0.2) is 4.99 Å². The van der Waals surface area contributed by atoms with Crippen molar-refractivity contribution in [3.8, 4) is 0 Å². The maximum absolute atomic E-state index is 5.87. The third-order valence-electron chi connectivity index (χ3n) is 1.66. The summed E-state index contributed by atoms with van der Waals surface area (Å²) in [6.07, 6.45) is 6.17. The molecule has 0 fully saturated rings. The highest BCUT2D eigenvalue weighted by atomic mass is 15.5. The molecule has 68 valence electrons. The van der Waals surface area contributed by atoms with Crippen LogP contribution in [0.15, 0.2) is 29.9 Å². The highest BCUT2D eigenvalue weighted by Crippen LogP contribution is 2.08. The van der Waals surface area contributed by atoms with Crippen LogP contribution in [0.2, 0.25) is 0 Å². The molecule has 1 aliphatic heterocycles. The van der Waals surface area contributed by atoms with E-state index in [2.05, 4.69) is 20.5 Å². The monoisotopic (exact) mass is 179 g/mol. The second-order valence-corrected chi connectivity index (χ2v) is 2.61. The molecule has 1 atom stereocenters. The van der Waals surface area contributed by atoms with Crippen molar-refractivity contribution in [1.82, 2.24) is 20.1 Å². The highest BCUT2D eigenvalue weighted by molar-refractivity contribution is 5.92. The molecule has 0 radical (unpaired) electrons. The van der Waals surface area contributed by atoms with Gasteiger partial charge in [-0.05, 0) is 6.08 Å². The van der Waals surface area contributed by atoms with E-state index in [1.54, 1.807) is 12.3 Å². The highest BCUT2D eigenvalue weighted by Gasteiger charge is 2.26. The van der Waals surface area contributed by atoms with Crippen molar-refractivity contribution in [2.75, 3.05) is 0 Å². The van der Waals surface area contributed by atoms with Gasteiger partial charge in [0.2, 0.25) is 0 Å². The first kappa shape index (κ1) is 7.74. The van der Waals surface area contributed by atoms with Crippen LogP contribution < -0.4 is 16.8 Å². The van der Waals surface area contributed by atoms with Crippen LogP contribution in [-0.4, -0.2) is 20.6 Å². The Morgan fingerprint density at radius 1 is 1.38 bits per heavy atom. The van der Waals surface area contributed by atoms with E-state index >= 15 is 0 Å². The molecule has 0 spiro atoms. The van der Waals surface area contributed by atoms with Gasteiger partial charge in [-0.15, -0.1) is 10.2 Å². The number of nitrogens with zero attached hydrogens (tertiary/aromatic N) is 4. The summed E-state index contributed by atoms with van der Waals surface area (Å²) in [7, 11) is 0. The molecule has 13 heavy (non-hydrogen) atoms. The smallest absolute Gasteiger partial charge is 0.273 e. The number of aromatic nitrogens is 3.